The third-order valence-electron chi connectivity index (χ3n) is 2.91. The molecule has 0 saturated carbocycles. The van der Waals surface area contributed by atoms with Gasteiger partial charge < -0.3 is 0 Å². The molecule has 1 nitrogen and oxygen atoms in total. The summed E-state index contributed by atoms with van der Waals surface area (Å²) in [6.45, 7) is 0. The van der Waals surface area contributed by atoms with Crippen LogP contribution >= 0.6 is 43.6 Å². The van der Waals surface area contributed by atoms with E-state index in [0.29, 0.717) is 0 Å². The highest BCUT2D eigenvalue weighted by Crippen LogP contribution is 2.43. The number of Topliss-reactive ketones (excluding diaryl/α,β-unsaturated/α-hetero) is 1. The predicted molar refractivity (Wildman–Crippen MR) is 77.8 cm³/mol. The number of thioether (sulfide) groups is 1. The van der Waals surface area contributed by atoms with Crippen LogP contribution in [0, 0.1) is 5.92 Å². The Morgan fingerprint density at radius 1 is 1.24 bits per heavy atom. The summed E-state index contributed by atoms with van der Waals surface area (Å²) >= 11 is 8.61. The van der Waals surface area contributed by atoms with Crippen LogP contribution in [0.4, 0.5) is 0 Å². The first kappa shape index (κ1) is 11.8. The molecule has 86 valence electrons. The quantitative estimate of drug-likeness (QED) is 0.664. The number of ketones is 1. The zero-order valence-electron chi connectivity index (χ0n) is 8.69. The van der Waals surface area contributed by atoms with E-state index in [1.54, 1.807) is 11.8 Å². The average molecular weight is 372 g/mol. The smallest absolute Gasteiger partial charge is 0.172 e. The topological polar surface area (TPSA) is 17.1 Å². The van der Waals surface area contributed by atoms with Gasteiger partial charge >= 0.3 is 0 Å². The lowest BCUT2D eigenvalue weighted by atomic mass is 9.90. The number of allylic oxidation sites excluding steroid dienone is 3. The van der Waals surface area contributed by atoms with Gasteiger partial charge in [-0.2, -0.15) is 0 Å². The van der Waals surface area contributed by atoms with Gasteiger partial charge in [-0.1, -0.05) is 50.1 Å². The van der Waals surface area contributed by atoms with Crippen LogP contribution in [-0.2, 0) is 0 Å². The summed E-state index contributed by atoms with van der Waals surface area (Å²) in [5, 5.41) is 0.234. The summed E-state index contributed by atoms with van der Waals surface area (Å²) in [4.78, 5) is 13.5. The Bertz CT molecular complexity index is 563. The number of hydrogen-bond acceptors (Lipinski definition) is 2. The van der Waals surface area contributed by atoms with Crippen molar-refractivity contribution in [2.75, 3.05) is 0 Å². The third kappa shape index (κ3) is 2.07. The molecule has 1 aliphatic heterocycles. The Morgan fingerprint density at radius 2 is 2.06 bits per heavy atom. The second-order valence-electron chi connectivity index (χ2n) is 4.02. The van der Waals surface area contributed by atoms with Crippen LogP contribution in [-0.4, -0.2) is 11.0 Å². The van der Waals surface area contributed by atoms with Gasteiger partial charge in [-0.05, 0) is 18.2 Å². The first-order chi connectivity index (χ1) is 8.15. The second kappa shape index (κ2) is 4.41. The van der Waals surface area contributed by atoms with Crippen molar-refractivity contribution in [3.8, 4) is 0 Å². The molecule has 17 heavy (non-hydrogen) atoms. The van der Waals surface area contributed by atoms with Crippen molar-refractivity contribution in [1.29, 1.82) is 0 Å². The van der Waals surface area contributed by atoms with Crippen molar-refractivity contribution in [1.82, 2.24) is 0 Å². The largest absolute Gasteiger partial charge is 0.293 e. The number of hydrogen-bond donors (Lipinski definition) is 0. The van der Waals surface area contributed by atoms with Crippen molar-refractivity contribution in [3.63, 3.8) is 0 Å². The van der Waals surface area contributed by atoms with Gasteiger partial charge in [0.2, 0.25) is 0 Å². The van der Waals surface area contributed by atoms with E-state index in [-0.39, 0.29) is 17.0 Å². The molecule has 2 unspecified atom stereocenters. The molecule has 0 spiro atoms. The first-order valence-corrected chi connectivity index (χ1v) is 7.67. The third-order valence-corrected chi connectivity index (χ3v) is 5.27. The van der Waals surface area contributed by atoms with Gasteiger partial charge in [-0.25, -0.2) is 0 Å². The normalized spacial score (nSPS) is 26.2. The molecule has 1 aromatic rings. The number of halogens is 2. The van der Waals surface area contributed by atoms with E-state index >= 15 is 0 Å². The highest BCUT2D eigenvalue weighted by molar-refractivity contribution is 9.12. The minimum atomic E-state index is -0.0406. The molecule has 0 bridgehead atoms. The average Bonchev–Trinajstić information content (AvgIpc) is 2.32. The molecule has 4 heteroatoms. The summed E-state index contributed by atoms with van der Waals surface area (Å²) in [5.41, 5.74) is 0.831. The van der Waals surface area contributed by atoms with Crippen LogP contribution in [0.25, 0.3) is 0 Å². The molecular formula is C13H8Br2OS. The van der Waals surface area contributed by atoms with Crippen molar-refractivity contribution in [2.45, 2.75) is 10.1 Å². The highest BCUT2D eigenvalue weighted by Gasteiger charge is 2.34. The van der Waals surface area contributed by atoms with E-state index in [2.05, 4.69) is 37.9 Å². The number of rotatable bonds is 0. The van der Waals surface area contributed by atoms with E-state index < -0.39 is 0 Å². The molecule has 0 aromatic heterocycles. The van der Waals surface area contributed by atoms with Crippen molar-refractivity contribution in [3.05, 3.63) is 50.9 Å². The molecule has 2 aliphatic rings. The number of carbonyl (C=O) groups excluding carboxylic acids is 1. The SMILES string of the molecule is O=C1c2cc(Br)ccc2SC2C=CC(Br)=CC12. The fraction of sp³-hybridized carbons (Fsp3) is 0.154. The van der Waals surface area contributed by atoms with Crippen LogP contribution < -0.4 is 0 Å². The summed E-state index contributed by atoms with van der Waals surface area (Å²) in [6.07, 6.45) is 6.12. The van der Waals surface area contributed by atoms with Gasteiger partial charge in [0.15, 0.2) is 5.78 Å². The summed E-state index contributed by atoms with van der Waals surface area (Å²) in [7, 11) is 0. The Hall–Kier alpha value is -0.320. The van der Waals surface area contributed by atoms with Gasteiger partial charge in [-0.15, -0.1) is 11.8 Å². The van der Waals surface area contributed by atoms with Gasteiger partial charge in [0, 0.05) is 24.7 Å². The monoisotopic (exact) mass is 370 g/mol. The van der Waals surface area contributed by atoms with Gasteiger partial charge in [0.05, 0.1) is 5.92 Å². The van der Waals surface area contributed by atoms with Gasteiger partial charge in [0.1, 0.15) is 0 Å². The van der Waals surface area contributed by atoms with E-state index in [0.717, 1.165) is 19.4 Å². The molecule has 3 rings (SSSR count). The zero-order chi connectivity index (χ0) is 12.0. The molecule has 0 amide bonds. The minimum absolute atomic E-state index is 0.0406. The fourth-order valence-corrected chi connectivity index (χ4v) is 4.12. The molecule has 0 radical (unpaired) electrons. The standard InChI is InChI=1S/C13H8Br2OS/c14-7-1-3-11-9(5-7)13(16)10-6-8(15)2-4-12(10)17-11/h1-6,9,11H. The minimum Gasteiger partial charge on any atom is -0.293 e. The van der Waals surface area contributed by atoms with Gasteiger partial charge in [-0.3, -0.25) is 4.79 Å². The lowest BCUT2D eigenvalue weighted by molar-refractivity contribution is 0.0942. The summed E-state index contributed by atoms with van der Waals surface area (Å²) in [6, 6.07) is 5.91. The zero-order valence-corrected chi connectivity index (χ0v) is 12.7. The highest BCUT2D eigenvalue weighted by atomic mass is 79.9. The summed E-state index contributed by atoms with van der Waals surface area (Å²) < 4.78 is 1.95. The van der Waals surface area contributed by atoms with Crippen LogP contribution in [0.5, 0.6) is 0 Å². The van der Waals surface area contributed by atoms with Crippen LogP contribution in [0.1, 0.15) is 10.4 Å². The van der Waals surface area contributed by atoms with Crippen LogP contribution in [0.15, 0.2) is 50.3 Å². The van der Waals surface area contributed by atoms with E-state index in [4.69, 9.17) is 0 Å². The Kier molecular flexibility index (Phi) is 3.05. The molecule has 0 saturated heterocycles. The van der Waals surface area contributed by atoms with Gasteiger partial charge in [0.25, 0.3) is 0 Å². The summed E-state index contributed by atoms with van der Waals surface area (Å²) in [5.74, 6) is 0.174. The van der Waals surface area contributed by atoms with Crippen molar-refractivity contribution < 1.29 is 4.79 Å². The Morgan fingerprint density at radius 3 is 2.88 bits per heavy atom. The van der Waals surface area contributed by atoms with E-state index in [1.165, 1.54) is 0 Å². The molecule has 0 N–H and O–H groups in total. The maximum Gasteiger partial charge on any atom is 0.172 e. The second-order valence-corrected chi connectivity index (χ2v) is 7.07. The number of carbonyl (C=O) groups is 1. The van der Waals surface area contributed by atoms with Crippen LogP contribution in [0.3, 0.4) is 0 Å². The lowest BCUT2D eigenvalue weighted by Gasteiger charge is -2.29. The Balaban J connectivity index is 2.10. The molecule has 1 heterocycles. The molecule has 1 aromatic carbocycles. The first-order valence-electron chi connectivity index (χ1n) is 5.21. The van der Waals surface area contributed by atoms with Crippen molar-refractivity contribution in [2.24, 2.45) is 5.92 Å². The molecular weight excluding hydrogens is 364 g/mol. The Labute approximate surface area is 121 Å². The molecule has 2 atom stereocenters. The number of fused-ring (bicyclic) bond motifs is 2. The predicted octanol–water partition coefficient (Wildman–Crippen LogP) is 4.57. The maximum atomic E-state index is 12.4. The molecule has 1 aliphatic carbocycles. The molecule has 0 fully saturated rings. The maximum absolute atomic E-state index is 12.4. The lowest BCUT2D eigenvalue weighted by Crippen LogP contribution is -2.29. The van der Waals surface area contributed by atoms with Crippen LogP contribution in [0.2, 0.25) is 0 Å². The fourth-order valence-electron chi connectivity index (χ4n) is 2.09. The van der Waals surface area contributed by atoms with E-state index in [1.807, 2.05) is 30.4 Å². The van der Waals surface area contributed by atoms with Crippen molar-refractivity contribution >= 4 is 49.4 Å². The van der Waals surface area contributed by atoms with E-state index in [9.17, 15) is 4.79 Å². The number of benzene rings is 1.